The van der Waals surface area contributed by atoms with Crippen molar-refractivity contribution in [2.45, 2.75) is 6.54 Å². The lowest BCUT2D eigenvalue weighted by Gasteiger charge is -2.04. The average Bonchev–Trinajstić information content (AvgIpc) is 3.23. The van der Waals surface area contributed by atoms with E-state index in [2.05, 4.69) is 15.3 Å². The standard InChI is InChI=1S/C16H12N4O3S2/c1-23-9-2-3-11-12(6-9)25-16(18-11)19-13(21)7-20-8-17-14-10(15(20)22)4-5-24-14/h2-6,8H,7H2,1H3,(H,18,19,21). The molecule has 126 valence electrons. The molecule has 1 aromatic carbocycles. The third-order valence-electron chi connectivity index (χ3n) is 3.61. The van der Waals surface area contributed by atoms with Crippen LogP contribution in [-0.4, -0.2) is 27.6 Å². The van der Waals surface area contributed by atoms with Crippen LogP contribution in [0.3, 0.4) is 0 Å². The van der Waals surface area contributed by atoms with Crippen LogP contribution >= 0.6 is 22.7 Å². The molecule has 0 radical (unpaired) electrons. The first kappa shape index (κ1) is 15.7. The first-order valence-electron chi connectivity index (χ1n) is 7.31. The topological polar surface area (TPSA) is 86.1 Å². The van der Waals surface area contributed by atoms with E-state index in [1.807, 2.05) is 18.2 Å². The molecule has 0 aliphatic heterocycles. The number of ether oxygens (including phenoxy) is 1. The van der Waals surface area contributed by atoms with Crippen molar-refractivity contribution in [1.29, 1.82) is 0 Å². The molecular weight excluding hydrogens is 360 g/mol. The molecule has 1 amide bonds. The van der Waals surface area contributed by atoms with Crippen molar-refractivity contribution >= 4 is 54.1 Å². The maximum absolute atomic E-state index is 12.3. The predicted molar refractivity (Wildman–Crippen MR) is 98.7 cm³/mol. The summed E-state index contributed by atoms with van der Waals surface area (Å²) in [5.74, 6) is 0.403. The van der Waals surface area contributed by atoms with Gasteiger partial charge in [-0.2, -0.15) is 0 Å². The van der Waals surface area contributed by atoms with Gasteiger partial charge in [0.15, 0.2) is 5.13 Å². The molecule has 7 nitrogen and oxygen atoms in total. The Balaban J connectivity index is 1.55. The molecule has 0 aliphatic carbocycles. The van der Waals surface area contributed by atoms with E-state index in [0.717, 1.165) is 16.0 Å². The Morgan fingerprint density at radius 3 is 3.08 bits per heavy atom. The molecule has 0 bridgehead atoms. The maximum Gasteiger partial charge on any atom is 0.262 e. The van der Waals surface area contributed by atoms with Crippen LogP contribution in [-0.2, 0) is 11.3 Å². The van der Waals surface area contributed by atoms with E-state index in [1.165, 1.54) is 33.6 Å². The summed E-state index contributed by atoms with van der Waals surface area (Å²) in [5.41, 5.74) is 0.551. The molecule has 3 heterocycles. The number of thiophene rings is 1. The highest BCUT2D eigenvalue weighted by molar-refractivity contribution is 7.22. The van der Waals surface area contributed by atoms with Gasteiger partial charge >= 0.3 is 0 Å². The van der Waals surface area contributed by atoms with E-state index in [4.69, 9.17) is 4.74 Å². The molecule has 0 fully saturated rings. The van der Waals surface area contributed by atoms with Gasteiger partial charge in [-0.3, -0.25) is 14.2 Å². The molecule has 0 saturated carbocycles. The Bertz CT molecular complexity index is 1150. The van der Waals surface area contributed by atoms with Crippen molar-refractivity contribution < 1.29 is 9.53 Å². The number of thiazole rings is 1. The summed E-state index contributed by atoms with van der Waals surface area (Å²) in [4.78, 5) is 33.8. The van der Waals surface area contributed by atoms with Gasteiger partial charge in [0.25, 0.3) is 5.56 Å². The normalized spacial score (nSPS) is 11.1. The molecule has 1 N–H and O–H groups in total. The van der Waals surface area contributed by atoms with Crippen LogP contribution in [0.1, 0.15) is 0 Å². The minimum Gasteiger partial charge on any atom is -0.497 e. The Labute approximate surface area is 149 Å². The summed E-state index contributed by atoms with van der Waals surface area (Å²) in [6.45, 7) is -0.114. The number of fused-ring (bicyclic) bond motifs is 2. The van der Waals surface area contributed by atoms with E-state index >= 15 is 0 Å². The first-order chi connectivity index (χ1) is 12.1. The summed E-state index contributed by atoms with van der Waals surface area (Å²) in [7, 11) is 1.60. The Morgan fingerprint density at radius 2 is 2.24 bits per heavy atom. The molecule has 25 heavy (non-hydrogen) atoms. The second kappa shape index (κ2) is 6.26. The molecular formula is C16H12N4O3S2. The predicted octanol–water partition coefficient (Wildman–Crippen LogP) is 2.72. The van der Waals surface area contributed by atoms with Crippen LogP contribution in [0.2, 0.25) is 0 Å². The van der Waals surface area contributed by atoms with Gasteiger partial charge in [-0.1, -0.05) is 11.3 Å². The SMILES string of the molecule is COc1ccc2nc(NC(=O)Cn3cnc4sccc4c3=O)sc2c1. The number of rotatable bonds is 4. The highest BCUT2D eigenvalue weighted by atomic mass is 32.1. The molecule has 3 aromatic heterocycles. The third-order valence-corrected chi connectivity index (χ3v) is 5.36. The fourth-order valence-corrected chi connectivity index (χ4v) is 4.04. The lowest BCUT2D eigenvalue weighted by Crippen LogP contribution is -2.27. The van der Waals surface area contributed by atoms with Crippen molar-refractivity contribution in [1.82, 2.24) is 14.5 Å². The van der Waals surface area contributed by atoms with Gasteiger partial charge in [0, 0.05) is 0 Å². The zero-order valence-electron chi connectivity index (χ0n) is 13.1. The molecule has 4 rings (SSSR count). The smallest absolute Gasteiger partial charge is 0.262 e. The van der Waals surface area contributed by atoms with Crippen LogP contribution in [0.5, 0.6) is 5.75 Å². The highest BCUT2D eigenvalue weighted by Crippen LogP contribution is 2.29. The number of benzene rings is 1. The minimum absolute atomic E-state index is 0.114. The van der Waals surface area contributed by atoms with E-state index in [0.29, 0.717) is 15.3 Å². The number of hydrogen-bond donors (Lipinski definition) is 1. The number of anilines is 1. The van der Waals surface area contributed by atoms with Crippen molar-refractivity contribution in [2.75, 3.05) is 12.4 Å². The van der Waals surface area contributed by atoms with Gasteiger partial charge in [-0.05, 0) is 29.6 Å². The van der Waals surface area contributed by atoms with Crippen LogP contribution in [0, 0.1) is 0 Å². The fraction of sp³-hybridized carbons (Fsp3) is 0.125. The average molecular weight is 372 g/mol. The second-order valence-corrected chi connectivity index (χ2v) is 7.14. The number of nitrogens with one attached hydrogen (secondary N) is 1. The Hall–Kier alpha value is -2.78. The summed E-state index contributed by atoms with van der Waals surface area (Å²) < 4.78 is 7.38. The van der Waals surface area contributed by atoms with E-state index in [-0.39, 0.29) is 18.0 Å². The van der Waals surface area contributed by atoms with Crippen molar-refractivity contribution in [3.05, 3.63) is 46.3 Å². The number of aromatic nitrogens is 3. The zero-order chi connectivity index (χ0) is 17.4. The molecule has 0 aliphatic rings. The monoisotopic (exact) mass is 372 g/mol. The number of hydrogen-bond acceptors (Lipinski definition) is 7. The fourth-order valence-electron chi connectivity index (χ4n) is 2.40. The minimum atomic E-state index is -0.329. The van der Waals surface area contributed by atoms with Gasteiger partial charge in [0.05, 0.1) is 29.0 Å². The molecule has 4 aromatic rings. The van der Waals surface area contributed by atoms with Gasteiger partial charge in [-0.15, -0.1) is 11.3 Å². The zero-order valence-corrected chi connectivity index (χ0v) is 14.7. The molecule has 9 heteroatoms. The van der Waals surface area contributed by atoms with Crippen molar-refractivity contribution in [3.8, 4) is 5.75 Å². The second-order valence-electron chi connectivity index (χ2n) is 5.22. The van der Waals surface area contributed by atoms with Crippen LogP contribution < -0.4 is 15.6 Å². The summed E-state index contributed by atoms with van der Waals surface area (Å²) in [5, 5.41) is 5.53. The van der Waals surface area contributed by atoms with E-state index in [1.54, 1.807) is 18.6 Å². The van der Waals surface area contributed by atoms with Crippen LogP contribution in [0.25, 0.3) is 20.4 Å². The van der Waals surface area contributed by atoms with Crippen molar-refractivity contribution in [2.24, 2.45) is 0 Å². The lowest BCUT2D eigenvalue weighted by atomic mass is 10.3. The van der Waals surface area contributed by atoms with Gasteiger partial charge < -0.3 is 10.1 Å². The van der Waals surface area contributed by atoms with Gasteiger partial charge in [-0.25, -0.2) is 9.97 Å². The lowest BCUT2D eigenvalue weighted by molar-refractivity contribution is -0.116. The van der Waals surface area contributed by atoms with Crippen LogP contribution in [0.4, 0.5) is 5.13 Å². The van der Waals surface area contributed by atoms with Gasteiger partial charge in [0.2, 0.25) is 5.91 Å². The molecule has 0 unspecified atom stereocenters. The third kappa shape index (κ3) is 2.99. The Kier molecular flexibility index (Phi) is 3.94. The Morgan fingerprint density at radius 1 is 1.36 bits per heavy atom. The molecule has 0 atom stereocenters. The quantitative estimate of drug-likeness (QED) is 0.595. The number of methoxy groups -OCH3 is 1. The van der Waals surface area contributed by atoms with Crippen molar-refractivity contribution in [3.63, 3.8) is 0 Å². The largest absolute Gasteiger partial charge is 0.497 e. The van der Waals surface area contributed by atoms with Gasteiger partial charge in [0.1, 0.15) is 17.1 Å². The first-order valence-corrected chi connectivity index (χ1v) is 9.01. The number of carbonyl (C=O) groups excluding carboxylic acids is 1. The molecule has 0 spiro atoms. The summed E-state index contributed by atoms with van der Waals surface area (Å²) in [6.07, 6.45) is 1.39. The number of nitrogens with zero attached hydrogens (tertiary/aromatic N) is 3. The number of carbonyl (C=O) groups is 1. The molecule has 0 saturated heterocycles. The highest BCUT2D eigenvalue weighted by Gasteiger charge is 2.12. The van der Waals surface area contributed by atoms with E-state index in [9.17, 15) is 9.59 Å². The summed E-state index contributed by atoms with van der Waals surface area (Å²) in [6, 6.07) is 7.22. The maximum atomic E-state index is 12.3. The number of amides is 1. The van der Waals surface area contributed by atoms with Crippen LogP contribution in [0.15, 0.2) is 40.8 Å². The van der Waals surface area contributed by atoms with E-state index < -0.39 is 0 Å². The summed E-state index contributed by atoms with van der Waals surface area (Å²) >= 11 is 2.74.